The van der Waals surface area contributed by atoms with Gasteiger partial charge in [-0.2, -0.15) is 10.1 Å². The van der Waals surface area contributed by atoms with Gasteiger partial charge in [0.2, 0.25) is 0 Å². The van der Waals surface area contributed by atoms with Crippen molar-refractivity contribution in [1.29, 1.82) is 0 Å². The number of amides is 1. The summed E-state index contributed by atoms with van der Waals surface area (Å²) in [6.07, 6.45) is 1.77. The Bertz CT molecular complexity index is 881. The molecule has 1 N–H and O–H groups in total. The Morgan fingerprint density at radius 3 is 2.32 bits per heavy atom. The third-order valence-electron chi connectivity index (χ3n) is 3.85. The quantitative estimate of drug-likeness (QED) is 0.870. The highest BCUT2D eigenvalue weighted by atomic mass is 16.5. The van der Waals surface area contributed by atoms with Gasteiger partial charge in [-0.05, 0) is 55.0 Å². The van der Waals surface area contributed by atoms with Crippen LogP contribution in [0.15, 0.2) is 59.2 Å². The Balaban J connectivity index is 1.87. The summed E-state index contributed by atoms with van der Waals surface area (Å²) in [7, 11) is 1.60. The molecular weight excluding hydrogens is 320 g/mol. The number of nitrogens with zero attached hydrogens (tertiary/aromatic N) is 2. The molecule has 0 saturated heterocycles. The number of methoxy groups -OCH3 is 1. The van der Waals surface area contributed by atoms with E-state index < -0.39 is 5.97 Å². The van der Waals surface area contributed by atoms with E-state index in [4.69, 9.17) is 9.84 Å². The highest BCUT2D eigenvalue weighted by Crippen LogP contribution is 2.25. The molecule has 126 valence electrons. The fourth-order valence-electron chi connectivity index (χ4n) is 2.47. The van der Waals surface area contributed by atoms with E-state index in [1.807, 2.05) is 24.3 Å². The van der Waals surface area contributed by atoms with Gasteiger partial charge in [-0.1, -0.05) is 12.1 Å². The zero-order valence-corrected chi connectivity index (χ0v) is 13.8. The number of rotatable bonds is 4. The number of carboxylic acids is 1. The van der Waals surface area contributed by atoms with E-state index in [2.05, 4.69) is 5.10 Å². The first-order valence-corrected chi connectivity index (χ1v) is 7.59. The lowest BCUT2D eigenvalue weighted by Gasteiger charge is -2.11. The molecule has 0 atom stereocenters. The molecule has 6 nitrogen and oxygen atoms in total. The highest BCUT2D eigenvalue weighted by Gasteiger charge is 2.28. The second-order valence-electron chi connectivity index (χ2n) is 5.49. The molecule has 0 radical (unpaired) electrons. The van der Waals surface area contributed by atoms with Crippen LogP contribution in [0.5, 0.6) is 5.75 Å². The van der Waals surface area contributed by atoms with Gasteiger partial charge in [0.15, 0.2) is 0 Å². The molecule has 0 unspecified atom stereocenters. The van der Waals surface area contributed by atoms with Gasteiger partial charge in [0.05, 0.1) is 29.6 Å². The number of aromatic carboxylic acids is 1. The molecule has 1 amide bonds. The SMILES string of the molecule is COc1ccc(/C=C2\C(=O)N(c3ccc(C(=O)O)cc3)N=C2C)cc1. The summed E-state index contributed by atoms with van der Waals surface area (Å²) in [4.78, 5) is 23.6. The Morgan fingerprint density at radius 2 is 1.76 bits per heavy atom. The average Bonchev–Trinajstić information content (AvgIpc) is 2.90. The van der Waals surface area contributed by atoms with Crippen LogP contribution >= 0.6 is 0 Å². The number of hydrazone groups is 1. The summed E-state index contributed by atoms with van der Waals surface area (Å²) in [6.45, 7) is 1.76. The molecule has 0 bridgehead atoms. The number of hydrogen-bond donors (Lipinski definition) is 1. The number of carboxylic acid groups (broad SMARTS) is 1. The van der Waals surface area contributed by atoms with Crippen molar-refractivity contribution in [3.05, 3.63) is 65.2 Å². The minimum Gasteiger partial charge on any atom is -0.497 e. The molecule has 2 aromatic carbocycles. The molecule has 1 heterocycles. The zero-order valence-electron chi connectivity index (χ0n) is 13.8. The first kappa shape index (κ1) is 16.4. The smallest absolute Gasteiger partial charge is 0.335 e. The molecule has 1 aliphatic rings. The van der Waals surface area contributed by atoms with Crippen LogP contribution in [0.3, 0.4) is 0 Å². The summed E-state index contributed by atoms with van der Waals surface area (Å²) in [5.74, 6) is -0.527. The number of carbonyl (C=O) groups is 2. The van der Waals surface area contributed by atoms with Crippen LogP contribution in [0.1, 0.15) is 22.8 Å². The predicted octanol–water partition coefficient (Wildman–Crippen LogP) is 3.20. The summed E-state index contributed by atoms with van der Waals surface area (Å²) in [5, 5.41) is 14.5. The lowest BCUT2D eigenvalue weighted by atomic mass is 10.1. The van der Waals surface area contributed by atoms with E-state index in [9.17, 15) is 9.59 Å². The van der Waals surface area contributed by atoms with Crippen LogP contribution in [0.4, 0.5) is 5.69 Å². The van der Waals surface area contributed by atoms with Crippen LogP contribution in [0.2, 0.25) is 0 Å². The summed E-state index contributed by atoms with van der Waals surface area (Å²) >= 11 is 0. The van der Waals surface area contributed by atoms with Crippen molar-refractivity contribution in [2.45, 2.75) is 6.92 Å². The van der Waals surface area contributed by atoms with E-state index >= 15 is 0 Å². The first-order chi connectivity index (χ1) is 12.0. The Hall–Kier alpha value is -3.41. The molecule has 6 heteroatoms. The topological polar surface area (TPSA) is 79.2 Å². The van der Waals surface area contributed by atoms with Crippen LogP contribution in [-0.2, 0) is 4.79 Å². The van der Waals surface area contributed by atoms with Crippen molar-refractivity contribution in [1.82, 2.24) is 0 Å². The first-order valence-electron chi connectivity index (χ1n) is 7.59. The molecule has 0 aliphatic carbocycles. The third-order valence-corrected chi connectivity index (χ3v) is 3.85. The molecule has 0 spiro atoms. The van der Waals surface area contributed by atoms with Crippen LogP contribution in [0.25, 0.3) is 6.08 Å². The maximum absolute atomic E-state index is 12.7. The maximum atomic E-state index is 12.7. The largest absolute Gasteiger partial charge is 0.497 e. The third kappa shape index (κ3) is 3.28. The van der Waals surface area contributed by atoms with Crippen molar-refractivity contribution in [2.75, 3.05) is 12.1 Å². The molecule has 3 rings (SSSR count). The fraction of sp³-hybridized carbons (Fsp3) is 0.105. The fourth-order valence-corrected chi connectivity index (χ4v) is 2.47. The Labute approximate surface area is 144 Å². The van der Waals surface area contributed by atoms with Crippen LogP contribution in [-0.4, -0.2) is 29.8 Å². The van der Waals surface area contributed by atoms with E-state index in [0.717, 1.165) is 11.3 Å². The van der Waals surface area contributed by atoms with Gasteiger partial charge >= 0.3 is 5.97 Å². The number of benzene rings is 2. The summed E-state index contributed by atoms with van der Waals surface area (Å²) in [5.41, 5.74) is 2.63. The minimum absolute atomic E-state index is 0.157. The van der Waals surface area contributed by atoms with Crippen molar-refractivity contribution < 1.29 is 19.4 Å². The second-order valence-corrected chi connectivity index (χ2v) is 5.49. The van der Waals surface area contributed by atoms with Crippen molar-refractivity contribution >= 4 is 29.4 Å². The van der Waals surface area contributed by atoms with Crippen LogP contribution < -0.4 is 9.75 Å². The van der Waals surface area contributed by atoms with E-state index in [1.165, 1.54) is 17.1 Å². The Morgan fingerprint density at radius 1 is 1.12 bits per heavy atom. The standard InChI is InChI=1S/C19H16N2O4/c1-12-17(11-13-3-9-16(25-2)10-4-13)18(22)21(20-12)15-7-5-14(6-8-15)19(23)24/h3-11H,1-2H3,(H,23,24)/b17-11-. The lowest BCUT2D eigenvalue weighted by molar-refractivity contribution is -0.114. The van der Waals surface area contributed by atoms with Gasteiger partial charge in [-0.3, -0.25) is 4.79 Å². The Kier molecular flexibility index (Phi) is 4.35. The van der Waals surface area contributed by atoms with Gasteiger partial charge in [0, 0.05) is 0 Å². The lowest BCUT2D eigenvalue weighted by Crippen LogP contribution is -2.21. The monoisotopic (exact) mass is 336 g/mol. The minimum atomic E-state index is -1.01. The van der Waals surface area contributed by atoms with Crippen molar-refractivity contribution in [3.8, 4) is 5.75 Å². The van der Waals surface area contributed by atoms with E-state index in [0.29, 0.717) is 17.0 Å². The number of carbonyl (C=O) groups excluding carboxylic acids is 1. The second kappa shape index (κ2) is 6.60. The molecular formula is C19H16N2O4. The van der Waals surface area contributed by atoms with Crippen molar-refractivity contribution in [2.24, 2.45) is 5.10 Å². The number of anilines is 1. The average molecular weight is 336 g/mol. The summed E-state index contributed by atoms with van der Waals surface area (Å²) in [6, 6.07) is 13.4. The molecule has 1 aliphatic heterocycles. The normalized spacial score (nSPS) is 15.4. The van der Waals surface area contributed by atoms with Gasteiger partial charge in [0.25, 0.3) is 5.91 Å². The predicted molar refractivity (Wildman–Crippen MR) is 95.0 cm³/mol. The summed E-state index contributed by atoms with van der Waals surface area (Å²) < 4.78 is 5.12. The zero-order chi connectivity index (χ0) is 18.0. The highest BCUT2D eigenvalue weighted by molar-refractivity contribution is 6.32. The maximum Gasteiger partial charge on any atom is 0.335 e. The number of hydrogen-bond acceptors (Lipinski definition) is 4. The molecule has 0 saturated carbocycles. The molecule has 0 aromatic heterocycles. The van der Waals surface area contributed by atoms with Gasteiger partial charge in [-0.25, -0.2) is 4.79 Å². The van der Waals surface area contributed by atoms with Gasteiger partial charge in [0.1, 0.15) is 5.75 Å². The van der Waals surface area contributed by atoms with Gasteiger partial charge in [-0.15, -0.1) is 0 Å². The van der Waals surface area contributed by atoms with E-state index in [1.54, 1.807) is 32.2 Å². The van der Waals surface area contributed by atoms with Crippen LogP contribution in [0, 0.1) is 0 Å². The molecule has 0 fully saturated rings. The van der Waals surface area contributed by atoms with Crippen molar-refractivity contribution in [3.63, 3.8) is 0 Å². The molecule has 2 aromatic rings. The number of ether oxygens (including phenoxy) is 1. The van der Waals surface area contributed by atoms with Gasteiger partial charge < -0.3 is 9.84 Å². The molecule has 25 heavy (non-hydrogen) atoms. The van der Waals surface area contributed by atoms with E-state index in [-0.39, 0.29) is 11.5 Å².